The summed E-state index contributed by atoms with van der Waals surface area (Å²) in [5.41, 5.74) is 5.50. The van der Waals surface area contributed by atoms with Crippen LogP contribution in [-0.2, 0) is 14.3 Å². The molecular formula is C11H19NO3. The van der Waals surface area contributed by atoms with Crippen LogP contribution in [0.3, 0.4) is 0 Å². The van der Waals surface area contributed by atoms with Crippen LogP contribution < -0.4 is 5.73 Å². The van der Waals surface area contributed by atoms with Crippen molar-refractivity contribution >= 4 is 5.78 Å². The summed E-state index contributed by atoms with van der Waals surface area (Å²) in [5, 5.41) is 0. The molecule has 0 aliphatic carbocycles. The lowest BCUT2D eigenvalue weighted by Crippen LogP contribution is -2.55. The van der Waals surface area contributed by atoms with Crippen molar-refractivity contribution in [1.29, 1.82) is 0 Å². The zero-order chi connectivity index (χ0) is 10.7. The molecule has 2 saturated heterocycles. The summed E-state index contributed by atoms with van der Waals surface area (Å²) in [6.07, 6.45) is 3.21. The van der Waals surface area contributed by atoms with Gasteiger partial charge in [-0.2, -0.15) is 0 Å². The van der Waals surface area contributed by atoms with Crippen LogP contribution in [0.2, 0.25) is 0 Å². The summed E-state index contributed by atoms with van der Waals surface area (Å²) in [5.74, 6) is 0.201. The predicted octanol–water partition coefficient (Wildman–Crippen LogP) is 0.490. The number of hydrogen-bond acceptors (Lipinski definition) is 4. The quantitative estimate of drug-likeness (QED) is 0.725. The number of Topliss-reactive ketones (excluding diaryl/α,β-unsaturated/α-hetero) is 1. The summed E-state index contributed by atoms with van der Waals surface area (Å²) in [7, 11) is 0. The summed E-state index contributed by atoms with van der Waals surface area (Å²) in [4.78, 5) is 12.2. The molecule has 86 valence electrons. The maximum absolute atomic E-state index is 12.2. The average Bonchev–Trinajstić information content (AvgIpc) is 2.30. The molecular weight excluding hydrogens is 194 g/mol. The Morgan fingerprint density at radius 3 is 2.53 bits per heavy atom. The maximum Gasteiger partial charge on any atom is 0.158 e. The number of ketones is 1. The SMILES string of the molecule is NC1(C(=O)C2CCCOC2)CCOCC1. The van der Waals surface area contributed by atoms with Crippen LogP contribution in [0.5, 0.6) is 0 Å². The third-order valence-electron chi connectivity index (χ3n) is 3.41. The summed E-state index contributed by atoms with van der Waals surface area (Å²) < 4.78 is 10.6. The number of carbonyl (C=O) groups excluding carboxylic acids is 1. The van der Waals surface area contributed by atoms with Gasteiger partial charge in [0.2, 0.25) is 0 Å². The van der Waals surface area contributed by atoms with Gasteiger partial charge in [-0.25, -0.2) is 0 Å². The molecule has 0 radical (unpaired) electrons. The highest BCUT2D eigenvalue weighted by Gasteiger charge is 2.40. The fourth-order valence-corrected chi connectivity index (χ4v) is 2.34. The highest BCUT2D eigenvalue weighted by molar-refractivity contribution is 5.90. The summed E-state index contributed by atoms with van der Waals surface area (Å²) in [6, 6.07) is 0. The van der Waals surface area contributed by atoms with E-state index in [0.29, 0.717) is 32.7 Å². The lowest BCUT2D eigenvalue weighted by Gasteiger charge is -2.35. The minimum atomic E-state index is -0.649. The van der Waals surface area contributed by atoms with Crippen LogP contribution in [0, 0.1) is 5.92 Å². The Hall–Kier alpha value is -0.450. The molecule has 0 amide bonds. The van der Waals surface area contributed by atoms with Crippen molar-refractivity contribution in [2.24, 2.45) is 11.7 Å². The van der Waals surface area contributed by atoms with Gasteiger partial charge in [0, 0.05) is 25.7 Å². The van der Waals surface area contributed by atoms with Gasteiger partial charge < -0.3 is 15.2 Å². The van der Waals surface area contributed by atoms with Crippen molar-refractivity contribution in [3.8, 4) is 0 Å². The van der Waals surface area contributed by atoms with Gasteiger partial charge in [-0.05, 0) is 25.7 Å². The molecule has 1 unspecified atom stereocenters. The third kappa shape index (κ3) is 2.38. The molecule has 15 heavy (non-hydrogen) atoms. The number of ether oxygens (including phenoxy) is 2. The molecule has 2 heterocycles. The standard InChI is InChI=1S/C11H19NO3/c12-11(3-6-14-7-4-11)10(13)9-2-1-5-15-8-9/h9H,1-8,12H2. The number of nitrogens with two attached hydrogens (primary N) is 1. The van der Waals surface area contributed by atoms with Gasteiger partial charge in [0.25, 0.3) is 0 Å². The Kier molecular flexibility index (Phi) is 3.38. The molecule has 0 aromatic heterocycles. The van der Waals surface area contributed by atoms with E-state index in [2.05, 4.69) is 0 Å². The summed E-state index contributed by atoms with van der Waals surface area (Å²) >= 11 is 0. The van der Waals surface area contributed by atoms with Gasteiger partial charge in [-0.1, -0.05) is 0 Å². The molecule has 1 atom stereocenters. The normalized spacial score (nSPS) is 31.1. The van der Waals surface area contributed by atoms with Crippen LogP contribution in [0.25, 0.3) is 0 Å². The van der Waals surface area contributed by atoms with Crippen LogP contribution >= 0.6 is 0 Å². The van der Waals surface area contributed by atoms with E-state index in [-0.39, 0.29) is 11.7 Å². The first kappa shape index (κ1) is 11.0. The fourth-order valence-electron chi connectivity index (χ4n) is 2.34. The van der Waals surface area contributed by atoms with Gasteiger partial charge in [0.15, 0.2) is 5.78 Å². The fraction of sp³-hybridized carbons (Fsp3) is 0.909. The Balaban J connectivity index is 1.98. The predicted molar refractivity (Wildman–Crippen MR) is 55.5 cm³/mol. The first-order chi connectivity index (χ1) is 7.22. The smallest absolute Gasteiger partial charge is 0.158 e. The van der Waals surface area contributed by atoms with E-state index in [0.717, 1.165) is 19.4 Å². The van der Waals surface area contributed by atoms with Crippen LogP contribution in [0.15, 0.2) is 0 Å². The van der Waals surface area contributed by atoms with Crippen molar-refractivity contribution in [2.45, 2.75) is 31.2 Å². The van der Waals surface area contributed by atoms with Gasteiger partial charge in [0.05, 0.1) is 12.1 Å². The van der Waals surface area contributed by atoms with Crippen LogP contribution in [-0.4, -0.2) is 37.7 Å². The topological polar surface area (TPSA) is 61.6 Å². The Morgan fingerprint density at radius 2 is 1.93 bits per heavy atom. The molecule has 2 N–H and O–H groups in total. The zero-order valence-electron chi connectivity index (χ0n) is 9.04. The lowest BCUT2D eigenvalue weighted by molar-refractivity contribution is -0.135. The minimum absolute atomic E-state index is 0.0156. The van der Waals surface area contributed by atoms with E-state index < -0.39 is 5.54 Å². The molecule has 0 bridgehead atoms. The molecule has 2 rings (SSSR count). The van der Waals surface area contributed by atoms with E-state index in [1.807, 2.05) is 0 Å². The van der Waals surface area contributed by atoms with Gasteiger partial charge in [-0.3, -0.25) is 4.79 Å². The van der Waals surface area contributed by atoms with Crippen LogP contribution in [0.4, 0.5) is 0 Å². The van der Waals surface area contributed by atoms with E-state index in [9.17, 15) is 4.79 Å². The first-order valence-corrected chi connectivity index (χ1v) is 5.71. The second-order valence-corrected chi connectivity index (χ2v) is 4.55. The molecule has 2 aliphatic heterocycles. The van der Waals surface area contributed by atoms with Gasteiger partial charge in [0.1, 0.15) is 0 Å². The lowest BCUT2D eigenvalue weighted by atomic mass is 9.79. The van der Waals surface area contributed by atoms with Crippen LogP contribution in [0.1, 0.15) is 25.7 Å². The molecule has 0 aromatic rings. The average molecular weight is 213 g/mol. The minimum Gasteiger partial charge on any atom is -0.381 e. The van der Waals surface area contributed by atoms with E-state index in [4.69, 9.17) is 15.2 Å². The third-order valence-corrected chi connectivity index (χ3v) is 3.41. The molecule has 4 heteroatoms. The van der Waals surface area contributed by atoms with Crippen molar-refractivity contribution < 1.29 is 14.3 Å². The highest BCUT2D eigenvalue weighted by Crippen LogP contribution is 2.26. The Morgan fingerprint density at radius 1 is 1.20 bits per heavy atom. The second kappa shape index (κ2) is 4.60. The van der Waals surface area contributed by atoms with Crippen molar-refractivity contribution in [2.75, 3.05) is 26.4 Å². The van der Waals surface area contributed by atoms with Crippen molar-refractivity contribution in [3.05, 3.63) is 0 Å². The van der Waals surface area contributed by atoms with E-state index >= 15 is 0 Å². The molecule has 4 nitrogen and oxygen atoms in total. The number of hydrogen-bond donors (Lipinski definition) is 1. The van der Waals surface area contributed by atoms with Gasteiger partial charge in [-0.15, -0.1) is 0 Å². The van der Waals surface area contributed by atoms with E-state index in [1.165, 1.54) is 0 Å². The zero-order valence-corrected chi connectivity index (χ0v) is 9.04. The Bertz CT molecular complexity index is 230. The Labute approximate surface area is 90.1 Å². The second-order valence-electron chi connectivity index (χ2n) is 4.55. The highest BCUT2D eigenvalue weighted by atomic mass is 16.5. The van der Waals surface area contributed by atoms with Crippen molar-refractivity contribution in [1.82, 2.24) is 0 Å². The van der Waals surface area contributed by atoms with E-state index in [1.54, 1.807) is 0 Å². The number of carbonyl (C=O) groups is 1. The van der Waals surface area contributed by atoms with Gasteiger partial charge >= 0.3 is 0 Å². The summed E-state index contributed by atoms with van der Waals surface area (Å²) in [6.45, 7) is 2.55. The largest absolute Gasteiger partial charge is 0.381 e. The monoisotopic (exact) mass is 213 g/mol. The molecule has 0 aromatic carbocycles. The molecule has 0 spiro atoms. The van der Waals surface area contributed by atoms with Crippen molar-refractivity contribution in [3.63, 3.8) is 0 Å². The maximum atomic E-state index is 12.2. The molecule has 0 saturated carbocycles. The number of rotatable bonds is 2. The molecule has 2 aliphatic rings. The molecule has 2 fully saturated rings. The first-order valence-electron chi connectivity index (χ1n) is 5.71.